The zero-order valence-electron chi connectivity index (χ0n) is 18.4. The Hall–Kier alpha value is -3.09. The molecule has 1 fully saturated rings. The van der Waals surface area contributed by atoms with Crippen LogP contribution in [0.1, 0.15) is 60.7 Å². The van der Waals surface area contributed by atoms with Gasteiger partial charge in [-0.3, -0.25) is 25.2 Å². The summed E-state index contributed by atoms with van der Waals surface area (Å²) < 4.78 is 67.5. The minimum absolute atomic E-state index is 0.00188. The summed E-state index contributed by atoms with van der Waals surface area (Å²) in [5.74, 6) is -0.0894. The second-order valence-electron chi connectivity index (χ2n) is 8.38. The average Bonchev–Trinajstić information content (AvgIpc) is 3.18. The molecular weight excluding hydrogens is 461 g/mol. The summed E-state index contributed by atoms with van der Waals surface area (Å²) in [6.07, 6.45) is -1.86. The Morgan fingerprint density at radius 2 is 1.79 bits per heavy atom. The topological polar surface area (TPSA) is 88.0 Å². The van der Waals surface area contributed by atoms with Gasteiger partial charge in [-0.25, -0.2) is 13.5 Å². The standard InChI is InChI=1S/C21H24F5N7O/c1-32-18(19(22)23)17(29-31-32)14-9-13(12-5-3-2-4-6-12)20(34)33(30-14)11-16-15(10-21(24,25)26)27-7-8-28-16/h7-9,12,19,29,31H,2-6,10-11H2,1H3. The smallest absolute Gasteiger partial charge is 0.300 e. The minimum atomic E-state index is -4.51. The molecule has 0 amide bonds. The SMILES string of the molecule is CN1NNC(c2cc(C3CCCCC3)c(=O)n(Cc3nccnc3CC(F)(F)F)n2)=C1C(F)F. The van der Waals surface area contributed by atoms with Crippen LogP contribution in [0.15, 0.2) is 29.0 Å². The predicted molar refractivity (Wildman–Crippen MR) is 112 cm³/mol. The zero-order chi connectivity index (χ0) is 24.5. The van der Waals surface area contributed by atoms with Crippen LogP contribution in [0, 0.1) is 0 Å². The van der Waals surface area contributed by atoms with Crippen LogP contribution < -0.4 is 16.5 Å². The van der Waals surface area contributed by atoms with E-state index in [9.17, 15) is 26.7 Å². The van der Waals surface area contributed by atoms with Crippen molar-refractivity contribution in [3.05, 3.63) is 57.2 Å². The average molecular weight is 485 g/mol. The van der Waals surface area contributed by atoms with Crippen molar-refractivity contribution in [1.29, 1.82) is 0 Å². The van der Waals surface area contributed by atoms with E-state index in [0.29, 0.717) is 5.56 Å². The summed E-state index contributed by atoms with van der Waals surface area (Å²) in [6, 6.07) is 1.51. The van der Waals surface area contributed by atoms with Crippen LogP contribution in [0.4, 0.5) is 22.0 Å². The van der Waals surface area contributed by atoms with E-state index in [4.69, 9.17) is 0 Å². The van der Waals surface area contributed by atoms with Crippen LogP contribution in [0.2, 0.25) is 0 Å². The summed E-state index contributed by atoms with van der Waals surface area (Å²) in [4.78, 5) is 21.1. The summed E-state index contributed by atoms with van der Waals surface area (Å²) in [5.41, 5.74) is 4.52. The molecule has 8 nitrogen and oxygen atoms in total. The Morgan fingerprint density at radius 3 is 2.44 bits per heavy atom. The highest BCUT2D eigenvalue weighted by atomic mass is 19.4. The quantitative estimate of drug-likeness (QED) is 0.608. The van der Waals surface area contributed by atoms with E-state index < -0.39 is 24.6 Å². The number of aromatic nitrogens is 4. The van der Waals surface area contributed by atoms with E-state index in [1.807, 2.05) is 0 Å². The molecule has 0 aromatic carbocycles. The van der Waals surface area contributed by atoms with Gasteiger partial charge in [0.2, 0.25) is 0 Å². The molecule has 0 saturated heterocycles. The maximum absolute atomic E-state index is 13.7. The molecule has 3 heterocycles. The lowest BCUT2D eigenvalue weighted by Gasteiger charge is -2.23. The molecule has 2 N–H and O–H groups in total. The number of nitrogens with zero attached hydrogens (tertiary/aromatic N) is 5. The number of hydrogen-bond donors (Lipinski definition) is 2. The summed E-state index contributed by atoms with van der Waals surface area (Å²) in [6.45, 7) is -0.369. The van der Waals surface area contributed by atoms with Crippen LogP contribution in [0.25, 0.3) is 5.70 Å². The molecule has 0 radical (unpaired) electrons. The fourth-order valence-corrected chi connectivity index (χ4v) is 4.39. The van der Waals surface area contributed by atoms with Gasteiger partial charge in [0.05, 0.1) is 24.4 Å². The molecule has 34 heavy (non-hydrogen) atoms. The molecule has 13 heteroatoms. The van der Waals surface area contributed by atoms with E-state index in [-0.39, 0.29) is 40.9 Å². The summed E-state index contributed by atoms with van der Waals surface area (Å²) >= 11 is 0. The molecule has 0 bridgehead atoms. The molecule has 2 aromatic heterocycles. The first-order chi connectivity index (χ1) is 16.1. The Kier molecular flexibility index (Phi) is 6.82. The van der Waals surface area contributed by atoms with Gasteiger partial charge in [0.15, 0.2) is 0 Å². The molecule has 2 aliphatic rings. The Labute approximate surface area is 191 Å². The van der Waals surface area contributed by atoms with Crippen molar-refractivity contribution in [2.45, 2.75) is 63.6 Å². The highest BCUT2D eigenvalue weighted by molar-refractivity contribution is 5.65. The second-order valence-corrected chi connectivity index (χ2v) is 8.38. The number of halogens is 5. The molecular formula is C21H24F5N7O. The third kappa shape index (κ3) is 5.18. The number of nitrogens with one attached hydrogen (secondary N) is 2. The van der Waals surface area contributed by atoms with Crippen molar-refractivity contribution in [2.75, 3.05) is 7.05 Å². The predicted octanol–water partition coefficient (Wildman–Crippen LogP) is 3.12. The lowest BCUT2D eigenvalue weighted by Crippen LogP contribution is -2.36. The molecule has 0 atom stereocenters. The van der Waals surface area contributed by atoms with Crippen molar-refractivity contribution >= 4 is 5.70 Å². The van der Waals surface area contributed by atoms with Gasteiger partial charge in [-0.15, -0.1) is 5.53 Å². The number of hydrogen-bond acceptors (Lipinski definition) is 7. The first kappa shape index (κ1) is 24.0. The normalized spacial score (nSPS) is 17.6. The lowest BCUT2D eigenvalue weighted by molar-refractivity contribution is -0.128. The number of hydrazine groups is 2. The molecule has 1 aliphatic carbocycles. The van der Waals surface area contributed by atoms with Crippen LogP contribution in [-0.4, -0.2) is 44.4 Å². The van der Waals surface area contributed by atoms with E-state index in [2.05, 4.69) is 26.0 Å². The van der Waals surface area contributed by atoms with Crippen molar-refractivity contribution < 1.29 is 22.0 Å². The third-order valence-corrected chi connectivity index (χ3v) is 6.00. The third-order valence-electron chi connectivity index (χ3n) is 6.00. The van der Waals surface area contributed by atoms with E-state index >= 15 is 0 Å². The Morgan fingerprint density at radius 1 is 1.12 bits per heavy atom. The van der Waals surface area contributed by atoms with Gasteiger partial charge in [0.25, 0.3) is 12.0 Å². The Balaban J connectivity index is 1.82. The maximum atomic E-state index is 13.7. The molecule has 1 aliphatic heterocycles. The number of rotatable bonds is 6. The largest absolute Gasteiger partial charge is 0.394 e. The van der Waals surface area contributed by atoms with Gasteiger partial charge in [-0.1, -0.05) is 19.3 Å². The van der Waals surface area contributed by atoms with Crippen molar-refractivity contribution in [1.82, 2.24) is 35.7 Å². The molecule has 184 valence electrons. The zero-order valence-corrected chi connectivity index (χ0v) is 18.4. The fourth-order valence-electron chi connectivity index (χ4n) is 4.39. The minimum Gasteiger partial charge on any atom is -0.300 e. The van der Waals surface area contributed by atoms with Crippen LogP contribution in [0.5, 0.6) is 0 Å². The molecule has 0 unspecified atom stereocenters. The van der Waals surface area contributed by atoms with Gasteiger partial charge in [-0.05, 0) is 24.8 Å². The van der Waals surface area contributed by atoms with Crippen LogP contribution >= 0.6 is 0 Å². The maximum Gasteiger partial charge on any atom is 0.394 e. The Bertz CT molecular complexity index is 1130. The lowest BCUT2D eigenvalue weighted by atomic mass is 9.84. The monoisotopic (exact) mass is 485 g/mol. The van der Waals surface area contributed by atoms with Crippen molar-refractivity contribution in [3.8, 4) is 0 Å². The molecule has 2 aromatic rings. The van der Waals surface area contributed by atoms with Gasteiger partial charge < -0.3 is 0 Å². The highest BCUT2D eigenvalue weighted by Gasteiger charge is 2.32. The summed E-state index contributed by atoms with van der Waals surface area (Å²) in [5, 5.41) is 5.36. The van der Waals surface area contributed by atoms with Crippen molar-refractivity contribution in [3.63, 3.8) is 0 Å². The first-order valence-corrected chi connectivity index (χ1v) is 10.9. The van der Waals surface area contributed by atoms with E-state index in [1.54, 1.807) is 0 Å². The van der Waals surface area contributed by atoms with E-state index in [0.717, 1.165) is 48.0 Å². The first-order valence-electron chi connectivity index (χ1n) is 10.9. The molecule has 4 rings (SSSR count). The van der Waals surface area contributed by atoms with Crippen LogP contribution in [0.3, 0.4) is 0 Å². The number of alkyl halides is 5. The van der Waals surface area contributed by atoms with Gasteiger partial charge in [0.1, 0.15) is 17.1 Å². The van der Waals surface area contributed by atoms with Crippen LogP contribution in [-0.2, 0) is 13.0 Å². The van der Waals surface area contributed by atoms with Gasteiger partial charge >= 0.3 is 6.18 Å². The second kappa shape index (κ2) is 9.65. The number of allylic oxidation sites excluding steroid dienone is 1. The fraction of sp³-hybridized carbons (Fsp3) is 0.524. The van der Waals surface area contributed by atoms with E-state index in [1.165, 1.54) is 19.3 Å². The molecule has 0 spiro atoms. The van der Waals surface area contributed by atoms with Gasteiger partial charge in [-0.2, -0.15) is 18.3 Å². The summed E-state index contributed by atoms with van der Waals surface area (Å²) in [7, 11) is 1.41. The van der Waals surface area contributed by atoms with Crippen molar-refractivity contribution in [2.24, 2.45) is 0 Å². The molecule has 1 saturated carbocycles. The van der Waals surface area contributed by atoms with Gasteiger partial charge in [0, 0.05) is 25.0 Å². The highest BCUT2D eigenvalue weighted by Crippen LogP contribution is 2.33.